The summed E-state index contributed by atoms with van der Waals surface area (Å²) in [5.41, 5.74) is 0. The van der Waals surface area contributed by atoms with Crippen LogP contribution in [0.3, 0.4) is 0 Å². The van der Waals surface area contributed by atoms with Crippen LogP contribution < -0.4 is 0 Å². The van der Waals surface area contributed by atoms with Gasteiger partial charge in [-0.25, -0.2) is 0 Å². The van der Waals surface area contributed by atoms with Gasteiger partial charge in [-0.05, 0) is 0 Å². The van der Waals surface area contributed by atoms with Crippen LogP contribution in [0.1, 0.15) is 20.3 Å². The lowest BCUT2D eigenvalue weighted by Crippen LogP contribution is -1.69. The van der Waals surface area contributed by atoms with Gasteiger partial charge in [-0.3, -0.25) is 0 Å². The average Bonchev–Trinajstić information content (AvgIpc) is 1.75. The fourth-order valence-corrected chi connectivity index (χ4v) is 0.0393. The van der Waals surface area contributed by atoms with Crippen molar-refractivity contribution in [3.8, 4) is 0 Å². The first-order valence-corrected chi connectivity index (χ1v) is 2.29. The lowest BCUT2D eigenvalue weighted by Gasteiger charge is -1.53. The zero-order chi connectivity index (χ0) is 6.12. The van der Waals surface area contributed by atoms with Crippen molar-refractivity contribution >= 4 is 12.6 Å². The summed E-state index contributed by atoms with van der Waals surface area (Å²) in [5, 5.41) is 0. The van der Waals surface area contributed by atoms with Gasteiger partial charge in [0.05, 0.1) is 6.42 Å². The van der Waals surface area contributed by atoms with Gasteiger partial charge in [0.1, 0.15) is 12.6 Å². The fraction of sp³-hybridized carbons (Fsp3) is 0.600. The molecule has 0 atom stereocenters. The van der Waals surface area contributed by atoms with Gasteiger partial charge >= 0.3 is 0 Å². The Morgan fingerprint density at radius 2 is 1.43 bits per heavy atom. The van der Waals surface area contributed by atoms with Crippen LogP contribution in [0.4, 0.5) is 0 Å². The highest BCUT2D eigenvalue weighted by atomic mass is 16.1. The predicted octanol–water partition coefficient (Wildman–Crippen LogP) is 0.800. The molecule has 0 aliphatic rings. The minimum Gasteiger partial charge on any atom is -0.303 e. The van der Waals surface area contributed by atoms with Gasteiger partial charge in [-0.1, -0.05) is 13.8 Å². The molecule has 0 saturated carbocycles. The molecule has 0 aromatic carbocycles. The van der Waals surface area contributed by atoms with Crippen LogP contribution in [0.2, 0.25) is 0 Å². The number of carbonyl (C=O) groups excluding carboxylic acids is 2. The molecule has 0 fully saturated rings. The summed E-state index contributed by atoms with van der Waals surface area (Å²) in [7, 11) is 0. The molecule has 42 valence electrons. The lowest BCUT2D eigenvalue weighted by molar-refractivity contribution is -0.114. The molecule has 0 amide bonds. The van der Waals surface area contributed by atoms with Crippen LogP contribution in [0.5, 0.6) is 0 Å². The van der Waals surface area contributed by atoms with E-state index in [9.17, 15) is 9.59 Å². The monoisotopic (exact) mass is 102 g/mol. The number of hydrogen-bond donors (Lipinski definition) is 0. The van der Waals surface area contributed by atoms with Crippen molar-refractivity contribution in [3.05, 3.63) is 0 Å². The molecule has 0 aromatic rings. The fourth-order valence-electron chi connectivity index (χ4n) is 0.0393. The van der Waals surface area contributed by atoms with Crippen LogP contribution in [-0.4, -0.2) is 12.6 Å². The van der Waals surface area contributed by atoms with Gasteiger partial charge in [0.2, 0.25) is 0 Å². The topological polar surface area (TPSA) is 34.1 Å². The normalized spacial score (nSPS) is 5.43. The molecule has 0 bridgehead atoms. The Bertz CT molecular complexity index is 35.3. The van der Waals surface area contributed by atoms with Crippen molar-refractivity contribution in [1.29, 1.82) is 0 Å². The molecular formula is C5H10O2. The molecule has 0 aromatic heterocycles. The van der Waals surface area contributed by atoms with E-state index in [-0.39, 0.29) is 6.42 Å². The Kier molecular flexibility index (Phi) is 25.2. The molecule has 0 radical (unpaired) electrons. The second-order valence-electron chi connectivity index (χ2n) is 0.569. The van der Waals surface area contributed by atoms with E-state index in [1.165, 1.54) is 0 Å². The smallest absolute Gasteiger partial charge is 0.127 e. The van der Waals surface area contributed by atoms with Crippen molar-refractivity contribution in [3.63, 3.8) is 0 Å². The van der Waals surface area contributed by atoms with Gasteiger partial charge in [-0.15, -0.1) is 0 Å². The summed E-state index contributed by atoms with van der Waals surface area (Å²) in [6, 6.07) is 0. The molecule has 2 heteroatoms. The zero-order valence-electron chi connectivity index (χ0n) is 4.68. The largest absolute Gasteiger partial charge is 0.303 e. The third-order valence-electron chi connectivity index (χ3n) is 0.192. The van der Waals surface area contributed by atoms with E-state index < -0.39 is 0 Å². The van der Waals surface area contributed by atoms with Crippen molar-refractivity contribution in [2.75, 3.05) is 0 Å². The minimum absolute atomic E-state index is 0.0278. The average molecular weight is 102 g/mol. The zero-order valence-corrected chi connectivity index (χ0v) is 4.68. The Hall–Kier alpha value is -0.660. The van der Waals surface area contributed by atoms with Crippen molar-refractivity contribution in [2.45, 2.75) is 20.3 Å². The molecule has 0 aliphatic carbocycles. The number of carbonyl (C=O) groups is 2. The van der Waals surface area contributed by atoms with Crippen LogP contribution in [0.25, 0.3) is 0 Å². The van der Waals surface area contributed by atoms with Gasteiger partial charge in [0.15, 0.2) is 0 Å². The summed E-state index contributed by atoms with van der Waals surface area (Å²) < 4.78 is 0. The second-order valence-corrected chi connectivity index (χ2v) is 0.569. The maximum absolute atomic E-state index is 9.17. The first-order valence-electron chi connectivity index (χ1n) is 2.29. The molecule has 2 nitrogen and oxygen atoms in total. The van der Waals surface area contributed by atoms with E-state index in [2.05, 4.69) is 0 Å². The highest BCUT2D eigenvalue weighted by molar-refractivity contribution is 5.72. The summed E-state index contributed by atoms with van der Waals surface area (Å²) >= 11 is 0. The van der Waals surface area contributed by atoms with E-state index in [0.717, 1.165) is 0 Å². The summed E-state index contributed by atoms with van der Waals surface area (Å²) in [6.45, 7) is 4.00. The second kappa shape index (κ2) is 18.4. The molecule has 0 rings (SSSR count). The van der Waals surface area contributed by atoms with Crippen LogP contribution in [0.15, 0.2) is 0 Å². The Morgan fingerprint density at radius 1 is 1.14 bits per heavy atom. The molecule has 0 N–H and O–H groups in total. The Labute approximate surface area is 43.5 Å². The summed E-state index contributed by atoms with van der Waals surface area (Å²) in [6.07, 6.45) is 1.15. The summed E-state index contributed by atoms with van der Waals surface area (Å²) in [5.74, 6) is 0. The highest BCUT2D eigenvalue weighted by Gasteiger charge is 1.65. The molecule has 0 saturated heterocycles. The SMILES string of the molecule is CC.O=CCC=O. The number of hydrogen-bond acceptors (Lipinski definition) is 2. The third-order valence-corrected chi connectivity index (χ3v) is 0.192. The maximum Gasteiger partial charge on any atom is 0.127 e. The molecule has 7 heavy (non-hydrogen) atoms. The van der Waals surface area contributed by atoms with Crippen LogP contribution >= 0.6 is 0 Å². The molecule has 0 unspecified atom stereocenters. The van der Waals surface area contributed by atoms with Gasteiger partial charge in [0.25, 0.3) is 0 Å². The van der Waals surface area contributed by atoms with E-state index in [0.29, 0.717) is 12.6 Å². The maximum atomic E-state index is 9.17. The van der Waals surface area contributed by atoms with Gasteiger partial charge in [-0.2, -0.15) is 0 Å². The quantitative estimate of drug-likeness (QED) is 0.381. The number of rotatable bonds is 2. The van der Waals surface area contributed by atoms with Gasteiger partial charge < -0.3 is 9.59 Å². The molecule has 0 heterocycles. The lowest BCUT2D eigenvalue weighted by atomic mass is 10.6. The van der Waals surface area contributed by atoms with Crippen molar-refractivity contribution < 1.29 is 9.59 Å². The number of aldehydes is 2. The summed E-state index contributed by atoms with van der Waals surface area (Å²) in [4.78, 5) is 18.3. The predicted molar refractivity (Wildman–Crippen MR) is 28.1 cm³/mol. The Morgan fingerprint density at radius 3 is 1.43 bits per heavy atom. The minimum atomic E-state index is 0.0278. The standard InChI is InChI=1S/C3H4O2.C2H6/c4-2-1-3-5;1-2/h2-3H,1H2;1-2H3. The first kappa shape index (κ1) is 9.60. The molecule has 0 spiro atoms. The first-order chi connectivity index (χ1) is 3.41. The molecular weight excluding hydrogens is 92.1 g/mol. The van der Waals surface area contributed by atoms with E-state index in [1.807, 2.05) is 13.8 Å². The van der Waals surface area contributed by atoms with Crippen molar-refractivity contribution in [1.82, 2.24) is 0 Å². The molecule has 0 aliphatic heterocycles. The van der Waals surface area contributed by atoms with Crippen molar-refractivity contribution in [2.24, 2.45) is 0 Å². The van der Waals surface area contributed by atoms with E-state index in [1.54, 1.807) is 0 Å². The highest BCUT2D eigenvalue weighted by Crippen LogP contribution is 1.50. The van der Waals surface area contributed by atoms with Gasteiger partial charge in [0, 0.05) is 0 Å². The third kappa shape index (κ3) is 33.2. The van der Waals surface area contributed by atoms with E-state index in [4.69, 9.17) is 0 Å². The van der Waals surface area contributed by atoms with E-state index >= 15 is 0 Å². The Balaban J connectivity index is 0. The van der Waals surface area contributed by atoms with Crippen LogP contribution in [-0.2, 0) is 9.59 Å². The van der Waals surface area contributed by atoms with Crippen LogP contribution in [0, 0.1) is 0 Å².